The average molecular weight is 242 g/mol. The number of carbonyl (C=O) groups is 1. The zero-order chi connectivity index (χ0) is 12.6. The van der Waals surface area contributed by atoms with Crippen LogP contribution in [0.15, 0.2) is 24.1 Å². The lowest BCUT2D eigenvalue weighted by atomic mass is 10.2. The lowest BCUT2D eigenvalue weighted by molar-refractivity contribution is -0.131. The Morgan fingerprint density at radius 1 is 1.69 bits per heavy atom. The van der Waals surface area contributed by atoms with E-state index >= 15 is 0 Å². The van der Waals surface area contributed by atoms with E-state index in [-0.39, 0.29) is 6.10 Å². The highest BCUT2D eigenvalue weighted by atomic mass is 32.1. The Labute approximate surface area is 100 Å². The number of aliphatic hydroxyl groups is 1. The van der Waals surface area contributed by atoms with Crippen LogP contribution in [0.25, 0.3) is 0 Å². The molecule has 1 unspecified atom stereocenters. The second-order valence-electron chi connectivity index (χ2n) is 3.52. The van der Waals surface area contributed by atoms with E-state index < -0.39 is 5.97 Å². The predicted molar refractivity (Wildman–Crippen MR) is 66.9 cm³/mol. The van der Waals surface area contributed by atoms with Crippen molar-refractivity contribution in [3.63, 3.8) is 0 Å². The largest absolute Gasteiger partial charge is 0.478 e. The zero-order valence-electron chi connectivity index (χ0n) is 9.64. The van der Waals surface area contributed by atoms with E-state index in [1.807, 2.05) is 6.92 Å². The van der Waals surface area contributed by atoms with Gasteiger partial charge >= 0.3 is 5.97 Å². The highest BCUT2D eigenvalue weighted by Crippen LogP contribution is 2.15. The summed E-state index contributed by atoms with van der Waals surface area (Å²) in [5.74, 6) is -0.981. The van der Waals surface area contributed by atoms with Crippen molar-refractivity contribution < 1.29 is 15.0 Å². The van der Waals surface area contributed by atoms with Gasteiger partial charge in [-0.1, -0.05) is 6.58 Å². The molecule has 0 saturated carbocycles. The second kappa shape index (κ2) is 8.07. The van der Waals surface area contributed by atoms with Gasteiger partial charge in [0.25, 0.3) is 0 Å². The van der Waals surface area contributed by atoms with Crippen molar-refractivity contribution in [1.29, 1.82) is 0 Å². The molecule has 90 valence electrons. The smallest absolute Gasteiger partial charge is 0.327 e. The van der Waals surface area contributed by atoms with Gasteiger partial charge in [-0.05, 0) is 43.7 Å². The topological polar surface area (TPSA) is 57.5 Å². The van der Waals surface area contributed by atoms with Gasteiger partial charge in [0.1, 0.15) is 0 Å². The van der Waals surface area contributed by atoms with Crippen LogP contribution in [0, 0.1) is 6.92 Å². The van der Waals surface area contributed by atoms with Gasteiger partial charge in [0, 0.05) is 11.0 Å². The molecule has 1 aromatic heterocycles. The summed E-state index contributed by atoms with van der Waals surface area (Å²) < 4.78 is 0. The summed E-state index contributed by atoms with van der Waals surface area (Å²) in [5.41, 5.74) is 1.33. The van der Waals surface area contributed by atoms with Crippen LogP contribution >= 0.6 is 11.3 Å². The van der Waals surface area contributed by atoms with E-state index in [0.29, 0.717) is 0 Å². The average Bonchev–Trinajstić information content (AvgIpc) is 2.62. The third-order valence-electron chi connectivity index (χ3n) is 1.77. The molecule has 1 heterocycles. The molecule has 0 radical (unpaired) electrons. The summed E-state index contributed by atoms with van der Waals surface area (Å²) >= 11 is 1.78. The fourth-order valence-electron chi connectivity index (χ4n) is 0.973. The van der Waals surface area contributed by atoms with Crippen molar-refractivity contribution in [3.8, 4) is 0 Å². The molecule has 0 aliphatic heterocycles. The lowest BCUT2D eigenvalue weighted by Crippen LogP contribution is -1.99. The van der Waals surface area contributed by atoms with Crippen LogP contribution in [0.1, 0.15) is 23.8 Å². The first-order valence-corrected chi connectivity index (χ1v) is 5.91. The summed E-state index contributed by atoms with van der Waals surface area (Å²) in [5, 5.41) is 18.8. The molecule has 0 bridgehead atoms. The Kier molecular flexibility index (Phi) is 7.50. The fourth-order valence-corrected chi connectivity index (χ4v) is 1.87. The highest BCUT2D eigenvalue weighted by Gasteiger charge is 1.99. The highest BCUT2D eigenvalue weighted by molar-refractivity contribution is 7.10. The van der Waals surface area contributed by atoms with Crippen LogP contribution < -0.4 is 0 Å². The van der Waals surface area contributed by atoms with Crippen LogP contribution in [-0.2, 0) is 11.2 Å². The first-order valence-electron chi connectivity index (χ1n) is 5.03. The molecule has 2 N–H and O–H groups in total. The number of hydrogen-bond acceptors (Lipinski definition) is 3. The molecule has 0 saturated heterocycles. The van der Waals surface area contributed by atoms with Crippen LogP contribution in [0.2, 0.25) is 0 Å². The van der Waals surface area contributed by atoms with Crippen molar-refractivity contribution in [2.45, 2.75) is 32.8 Å². The summed E-state index contributed by atoms with van der Waals surface area (Å²) in [6.45, 7) is 6.89. The van der Waals surface area contributed by atoms with E-state index in [9.17, 15) is 4.79 Å². The third kappa shape index (κ3) is 8.20. The number of carboxylic acids is 1. The molecule has 0 aliphatic rings. The van der Waals surface area contributed by atoms with Crippen LogP contribution in [0.4, 0.5) is 0 Å². The van der Waals surface area contributed by atoms with Gasteiger partial charge in [-0.3, -0.25) is 0 Å². The Hall–Kier alpha value is -1.13. The minimum absolute atomic E-state index is 0.169. The summed E-state index contributed by atoms with van der Waals surface area (Å²) in [6.07, 6.45) is 2.55. The molecule has 0 aliphatic carbocycles. The van der Waals surface area contributed by atoms with Gasteiger partial charge in [-0.15, -0.1) is 11.3 Å². The number of thiophene rings is 1. The molecular weight excluding hydrogens is 224 g/mol. The molecule has 0 fully saturated rings. The van der Waals surface area contributed by atoms with Crippen molar-refractivity contribution in [1.82, 2.24) is 0 Å². The van der Waals surface area contributed by atoms with Gasteiger partial charge in [-0.25, -0.2) is 4.79 Å². The van der Waals surface area contributed by atoms with Gasteiger partial charge in [-0.2, -0.15) is 0 Å². The van der Waals surface area contributed by atoms with Crippen LogP contribution in [0.5, 0.6) is 0 Å². The maximum atomic E-state index is 9.25. The minimum Gasteiger partial charge on any atom is -0.478 e. The first kappa shape index (κ1) is 14.9. The Morgan fingerprint density at radius 2 is 2.25 bits per heavy atom. The quantitative estimate of drug-likeness (QED) is 0.798. The molecule has 1 rings (SSSR count). The van der Waals surface area contributed by atoms with E-state index in [0.717, 1.165) is 18.9 Å². The van der Waals surface area contributed by atoms with E-state index in [1.165, 1.54) is 10.4 Å². The number of carboxylic acid groups (broad SMARTS) is 1. The van der Waals surface area contributed by atoms with Crippen molar-refractivity contribution in [3.05, 3.63) is 34.5 Å². The predicted octanol–water partition coefficient (Wildman–Crippen LogP) is 2.63. The van der Waals surface area contributed by atoms with Crippen molar-refractivity contribution >= 4 is 17.3 Å². The molecule has 1 aromatic rings. The van der Waals surface area contributed by atoms with E-state index in [4.69, 9.17) is 10.2 Å². The Balaban J connectivity index is 0.000000385. The molecule has 3 nitrogen and oxygen atoms in total. The van der Waals surface area contributed by atoms with Crippen LogP contribution in [-0.4, -0.2) is 22.3 Å². The summed E-state index contributed by atoms with van der Waals surface area (Å²) in [7, 11) is 0. The molecule has 1 atom stereocenters. The first-order chi connectivity index (χ1) is 7.45. The van der Waals surface area contributed by atoms with Gasteiger partial charge in [0.15, 0.2) is 0 Å². The number of hydrogen-bond donors (Lipinski definition) is 2. The number of rotatable bonds is 4. The number of aryl methyl sites for hydroxylation is 2. The van der Waals surface area contributed by atoms with E-state index in [1.54, 1.807) is 11.3 Å². The lowest BCUT2D eigenvalue weighted by Gasteiger charge is -2.00. The Morgan fingerprint density at radius 3 is 2.56 bits per heavy atom. The van der Waals surface area contributed by atoms with Gasteiger partial charge < -0.3 is 10.2 Å². The maximum Gasteiger partial charge on any atom is 0.327 e. The monoisotopic (exact) mass is 242 g/mol. The van der Waals surface area contributed by atoms with Gasteiger partial charge in [0.2, 0.25) is 0 Å². The molecule has 0 aromatic carbocycles. The second-order valence-corrected chi connectivity index (χ2v) is 4.52. The summed E-state index contributed by atoms with van der Waals surface area (Å²) in [6, 6.07) is 2.19. The molecule has 16 heavy (non-hydrogen) atoms. The van der Waals surface area contributed by atoms with Crippen LogP contribution in [0.3, 0.4) is 0 Å². The summed E-state index contributed by atoms with van der Waals surface area (Å²) in [4.78, 5) is 10.6. The molecular formula is C12H18O3S. The third-order valence-corrected chi connectivity index (χ3v) is 2.88. The van der Waals surface area contributed by atoms with Crippen molar-refractivity contribution in [2.75, 3.05) is 0 Å². The Bertz CT molecular complexity index is 329. The SMILES string of the molecule is C=CC(=O)O.Cc1csc(CCC(C)O)c1. The van der Waals surface area contributed by atoms with E-state index in [2.05, 4.69) is 24.9 Å². The molecule has 0 amide bonds. The fraction of sp³-hybridized carbons (Fsp3) is 0.417. The number of aliphatic carboxylic acids is 1. The standard InChI is InChI=1S/C9H14OS.C3H4O2/c1-7-5-9(11-6-7)4-3-8(2)10;1-2-3(4)5/h5-6,8,10H,3-4H2,1-2H3;2H,1H2,(H,4,5). The normalized spacial score (nSPS) is 11.2. The molecule has 4 heteroatoms. The zero-order valence-corrected chi connectivity index (χ0v) is 10.5. The minimum atomic E-state index is -0.981. The molecule has 0 spiro atoms. The van der Waals surface area contributed by atoms with Gasteiger partial charge in [0.05, 0.1) is 6.10 Å². The number of aliphatic hydroxyl groups excluding tert-OH is 1. The van der Waals surface area contributed by atoms with Crippen molar-refractivity contribution in [2.24, 2.45) is 0 Å². The maximum absolute atomic E-state index is 9.25.